The third kappa shape index (κ3) is 2.72. The number of likely N-dealkylation sites (N-methyl/N-ethyl adjacent to an activating group) is 2. The van der Waals surface area contributed by atoms with Crippen LogP contribution in [-0.4, -0.2) is 25.5 Å². The Balaban J connectivity index is 3.20. The van der Waals surface area contributed by atoms with E-state index < -0.39 is 5.54 Å². The number of anilines is 1. The van der Waals surface area contributed by atoms with Gasteiger partial charge in [-0.3, -0.25) is 4.79 Å². The van der Waals surface area contributed by atoms with E-state index >= 15 is 0 Å². The Morgan fingerprint density at radius 3 is 2.00 bits per heavy atom. The minimum atomic E-state index is -0.557. The molecule has 0 unspecified atom stereocenters. The molecule has 0 heterocycles. The first-order chi connectivity index (χ1) is 8.20. The van der Waals surface area contributed by atoms with Crippen LogP contribution in [0.5, 0.6) is 0 Å². The second-order valence-electron chi connectivity index (χ2n) is 5.49. The van der Waals surface area contributed by atoms with Gasteiger partial charge in [-0.1, -0.05) is 17.7 Å². The van der Waals surface area contributed by atoms with Gasteiger partial charge < -0.3 is 10.2 Å². The zero-order valence-electron chi connectivity index (χ0n) is 12.5. The number of carbonyl (C=O) groups excluding carboxylic acids is 1. The van der Waals surface area contributed by atoms with Crippen molar-refractivity contribution in [2.24, 2.45) is 0 Å². The summed E-state index contributed by atoms with van der Waals surface area (Å²) in [5.41, 5.74) is 3.94. The maximum atomic E-state index is 12.4. The van der Waals surface area contributed by atoms with Gasteiger partial charge in [-0.05, 0) is 52.8 Å². The molecule has 1 amide bonds. The Labute approximate surface area is 110 Å². The molecule has 0 fully saturated rings. The van der Waals surface area contributed by atoms with Crippen LogP contribution in [0.15, 0.2) is 12.1 Å². The maximum Gasteiger partial charge on any atom is 0.246 e. The van der Waals surface area contributed by atoms with E-state index in [4.69, 9.17) is 0 Å². The Morgan fingerprint density at radius 2 is 1.61 bits per heavy atom. The van der Waals surface area contributed by atoms with Crippen molar-refractivity contribution in [3.63, 3.8) is 0 Å². The van der Waals surface area contributed by atoms with E-state index in [9.17, 15) is 4.79 Å². The lowest BCUT2D eigenvalue weighted by Crippen LogP contribution is -2.52. The Hall–Kier alpha value is -1.35. The number of rotatable bonds is 3. The van der Waals surface area contributed by atoms with Crippen LogP contribution in [0.1, 0.15) is 30.5 Å². The molecule has 1 aromatic carbocycles. The summed E-state index contributed by atoms with van der Waals surface area (Å²) >= 11 is 0. The first-order valence-corrected chi connectivity index (χ1v) is 6.25. The summed E-state index contributed by atoms with van der Waals surface area (Å²) in [5, 5.41) is 3.05. The monoisotopic (exact) mass is 248 g/mol. The molecule has 0 aliphatic rings. The van der Waals surface area contributed by atoms with Crippen LogP contribution in [0.3, 0.4) is 0 Å². The average molecular weight is 248 g/mol. The second-order valence-corrected chi connectivity index (χ2v) is 5.49. The van der Waals surface area contributed by atoms with Crippen LogP contribution in [-0.2, 0) is 4.79 Å². The van der Waals surface area contributed by atoms with Gasteiger partial charge in [0.15, 0.2) is 0 Å². The van der Waals surface area contributed by atoms with Crippen LogP contribution in [0.4, 0.5) is 5.69 Å². The molecule has 0 radical (unpaired) electrons. The van der Waals surface area contributed by atoms with Crippen molar-refractivity contribution in [1.29, 1.82) is 0 Å². The van der Waals surface area contributed by atoms with E-state index in [2.05, 4.69) is 24.4 Å². The first kappa shape index (κ1) is 14.7. The molecule has 18 heavy (non-hydrogen) atoms. The average Bonchev–Trinajstić information content (AvgIpc) is 2.26. The lowest BCUT2D eigenvalue weighted by atomic mass is 10.0. The second kappa shape index (κ2) is 5.11. The maximum absolute atomic E-state index is 12.4. The fraction of sp³-hybridized carbons (Fsp3) is 0.533. The topological polar surface area (TPSA) is 32.3 Å². The van der Waals surface area contributed by atoms with Gasteiger partial charge in [-0.2, -0.15) is 0 Å². The molecule has 0 atom stereocenters. The highest BCUT2D eigenvalue weighted by molar-refractivity contribution is 6.00. The van der Waals surface area contributed by atoms with Crippen LogP contribution in [0, 0.1) is 20.8 Å². The molecule has 0 spiro atoms. The third-order valence-corrected chi connectivity index (χ3v) is 3.44. The van der Waals surface area contributed by atoms with E-state index in [-0.39, 0.29) is 5.91 Å². The van der Waals surface area contributed by atoms with Crippen molar-refractivity contribution in [1.82, 2.24) is 5.32 Å². The summed E-state index contributed by atoms with van der Waals surface area (Å²) in [6.07, 6.45) is 0. The summed E-state index contributed by atoms with van der Waals surface area (Å²) in [4.78, 5) is 14.2. The highest BCUT2D eigenvalue weighted by Crippen LogP contribution is 2.26. The minimum absolute atomic E-state index is 0.0695. The molecule has 1 aromatic rings. The van der Waals surface area contributed by atoms with Crippen molar-refractivity contribution >= 4 is 11.6 Å². The number of hydrogen-bond acceptors (Lipinski definition) is 2. The van der Waals surface area contributed by atoms with Gasteiger partial charge in [0, 0.05) is 12.7 Å². The smallest absolute Gasteiger partial charge is 0.246 e. The highest BCUT2D eigenvalue weighted by atomic mass is 16.2. The van der Waals surface area contributed by atoms with Crippen molar-refractivity contribution < 1.29 is 4.79 Å². The van der Waals surface area contributed by atoms with Gasteiger partial charge in [0.2, 0.25) is 5.91 Å². The standard InChI is InChI=1S/C15H24N2O/c1-10-8-11(2)13(12(3)9-10)17(7)14(18)15(4,5)16-6/h8-9,16H,1-7H3. The van der Waals surface area contributed by atoms with Crippen LogP contribution < -0.4 is 10.2 Å². The zero-order chi connectivity index (χ0) is 14.1. The van der Waals surface area contributed by atoms with Crippen LogP contribution in [0.2, 0.25) is 0 Å². The Bertz CT molecular complexity index is 441. The van der Waals surface area contributed by atoms with Crippen LogP contribution in [0.25, 0.3) is 0 Å². The number of carbonyl (C=O) groups is 1. The summed E-state index contributed by atoms with van der Waals surface area (Å²) in [6.45, 7) is 9.95. The molecule has 0 bridgehead atoms. The normalized spacial score (nSPS) is 11.5. The van der Waals surface area contributed by atoms with Crippen molar-refractivity contribution in [3.8, 4) is 0 Å². The molecule has 0 aromatic heterocycles. The van der Waals surface area contributed by atoms with E-state index in [0.717, 1.165) is 16.8 Å². The number of hydrogen-bond donors (Lipinski definition) is 1. The predicted molar refractivity (Wildman–Crippen MR) is 77.2 cm³/mol. The number of nitrogens with one attached hydrogen (secondary N) is 1. The quantitative estimate of drug-likeness (QED) is 0.891. The summed E-state index contributed by atoms with van der Waals surface area (Å²) in [5.74, 6) is 0.0695. The molecule has 3 nitrogen and oxygen atoms in total. The van der Waals surface area contributed by atoms with Gasteiger partial charge in [0.05, 0.1) is 5.54 Å². The van der Waals surface area contributed by atoms with Crippen molar-refractivity contribution in [2.75, 3.05) is 19.0 Å². The van der Waals surface area contributed by atoms with Gasteiger partial charge in [-0.15, -0.1) is 0 Å². The fourth-order valence-electron chi connectivity index (χ4n) is 2.33. The molecule has 0 saturated heterocycles. The lowest BCUT2D eigenvalue weighted by molar-refractivity contribution is -0.123. The molecule has 3 heteroatoms. The summed E-state index contributed by atoms with van der Waals surface area (Å²) < 4.78 is 0. The lowest BCUT2D eigenvalue weighted by Gasteiger charge is -2.31. The highest BCUT2D eigenvalue weighted by Gasteiger charge is 2.30. The van der Waals surface area contributed by atoms with E-state index in [1.54, 1.807) is 11.9 Å². The van der Waals surface area contributed by atoms with Gasteiger partial charge >= 0.3 is 0 Å². The fourth-order valence-corrected chi connectivity index (χ4v) is 2.33. The number of benzene rings is 1. The minimum Gasteiger partial charge on any atom is -0.313 e. The zero-order valence-corrected chi connectivity index (χ0v) is 12.5. The molecular formula is C15H24N2O. The number of nitrogens with zero attached hydrogens (tertiary/aromatic N) is 1. The van der Waals surface area contributed by atoms with E-state index in [1.165, 1.54) is 5.56 Å². The molecule has 100 valence electrons. The van der Waals surface area contributed by atoms with Crippen LogP contribution >= 0.6 is 0 Å². The summed E-state index contributed by atoms with van der Waals surface area (Å²) in [7, 11) is 3.65. The molecule has 1 rings (SSSR count). The van der Waals surface area contributed by atoms with E-state index in [0.29, 0.717) is 0 Å². The van der Waals surface area contributed by atoms with Gasteiger partial charge in [0.1, 0.15) is 0 Å². The van der Waals surface area contributed by atoms with Gasteiger partial charge in [-0.25, -0.2) is 0 Å². The van der Waals surface area contributed by atoms with E-state index in [1.807, 2.05) is 34.7 Å². The number of amides is 1. The van der Waals surface area contributed by atoms with Gasteiger partial charge in [0.25, 0.3) is 0 Å². The largest absolute Gasteiger partial charge is 0.313 e. The molecular weight excluding hydrogens is 224 g/mol. The summed E-state index contributed by atoms with van der Waals surface area (Å²) in [6, 6.07) is 4.22. The third-order valence-electron chi connectivity index (χ3n) is 3.44. The first-order valence-electron chi connectivity index (χ1n) is 6.25. The molecule has 0 saturated carbocycles. The number of aryl methyl sites for hydroxylation is 3. The SMILES string of the molecule is CNC(C)(C)C(=O)N(C)c1c(C)cc(C)cc1C. The van der Waals surface area contributed by atoms with Crippen molar-refractivity contribution in [2.45, 2.75) is 40.2 Å². The Kier molecular flexibility index (Phi) is 4.17. The Morgan fingerprint density at radius 1 is 1.17 bits per heavy atom. The predicted octanol–water partition coefficient (Wildman–Crippen LogP) is 2.57. The van der Waals surface area contributed by atoms with Crippen molar-refractivity contribution in [3.05, 3.63) is 28.8 Å². The molecule has 0 aliphatic heterocycles. The molecule has 1 N–H and O–H groups in total. The molecule has 0 aliphatic carbocycles.